The fourth-order valence-electron chi connectivity index (χ4n) is 1.19. The van der Waals surface area contributed by atoms with Gasteiger partial charge in [-0.3, -0.25) is 0 Å². The summed E-state index contributed by atoms with van der Waals surface area (Å²) in [5, 5.41) is 9.53. The first-order valence-corrected chi connectivity index (χ1v) is 4.74. The van der Waals surface area contributed by atoms with E-state index in [9.17, 15) is 5.11 Å². The minimum atomic E-state index is 0.290. The molecule has 0 aromatic heterocycles. The van der Waals surface area contributed by atoms with Crippen LogP contribution >= 0.6 is 15.9 Å². The largest absolute Gasteiger partial charge is 0.508 e. The van der Waals surface area contributed by atoms with Crippen molar-refractivity contribution in [3.05, 3.63) is 27.7 Å². The summed E-state index contributed by atoms with van der Waals surface area (Å²) in [7, 11) is 0. The summed E-state index contributed by atoms with van der Waals surface area (Å²) < 4.78 is 0.984. The zero-order valence-electron chi connectivity index (χ0n) is 7.38. The Balaban J connectivity index is 2.96. The molecule has 0 spiro atoms. The minimum absolute atomic E-state index is 0.290. The predicted molar refractivity (Wildman–Crippen MR) is 54.4 cm³/mol. The Bertz CT molecular complexity index is 302. The zero-order valence-corrected chi connectivity index (χ0v) is 8.97. The molecule has 0 heterocycles. The molecule has 0 saturated carbocycles. The maximum atomic E-state index is 9.53. The lowest BCUT2D eigenvalue weighted by Crippen LogP contribution is -2.05. The zero-order chi connectivity index (χ0) is 9.84. The normalized spacial score (nSPS) is 10.4. The third-order valence-electron chi connectivity index (χ3n) is 1.98. The van der Waals surface area contributed by atoms with Crippen LogP contribution in [-0.2, 0) is 11.3 Å². The van der Waals surface area contributed by atoms with Gasteiger partial charge in [-0.15, -0.1) is 0 Å². The molecule has 0 aliphatic rings. The Kier molecular flexibility index (Phi) is 3.71. The van der Waals surface area contributed by atoms with E-state index in [1.165, 1.54) is 0 Å². The smallest absolute Gasteiger partial charge is 0.119 e. The summed E-state index contributed by atoms with van der Waals surface area (Å²) in [6.45, 7) is 2.35. The highest BCUT2D eigenvalue weighted by Gasteiger charge is 2.07. The third kappa shape index (κ3) is 2.43. The molecule has 0 atom stereocenters. The van der Waals surface area contributed by atoms with Crippen molar-refractivity contribution in [2.24, 2.45) is 5.90 Å². The van der Waals surface area contributed by atoms with Crippen LogP contribution in [-0.4, -0.2) is 11.7 Å². The van der Waals surface area contributed by atoms with E-state index >= 15 is 0 Å². The van der Waals surface area contributed by atoms with Crippen molar-refractivity contribution in [2.75, 3.05) is 6.61 Å². The van der Waals surface area contributed by atoms with Crippen molar-refractivity contribution in [1.82, 2.24) is 0 Å². The molecule has 0 amide bonds. The highest BCUT2D eigenvalue weighted by atomic mass is 79.9. The Morgan fingerprint density at radius 2 is 2.23 bits per heavy atom. The number of phenols is 1. The molecule has 0 saturated heterocycles. The molecular formula is C9H12BrNO2. The first-order valence-electron chi connectivity index (χ1n) is 3.95. The van der Waals surface area contributed by atoms with Gasteiger partial charge < -0.3 is 9.94 Å². The quantitative estimate of drug-likeness (QED) is 0.801. The van der Waals surface area contributed by atoms with Crippen molar-refractivity contribution in [3.63, 3.8) is 0 Å². The second kappa shape index (κ2) is 4.60. The number of aromatic hydroxyl groups is 1. The summed E-state index contributed by atoms with van der Waals surface area (Å²) in [5.74, 6) is 5.21. The lowest BCUT2D eigenvalue weighted by Gasteiger charge is -2.08. The van der Waals surface area contributed by atoms with Gasteiger partial charge in [0.05, 0.1) is 6.61 Å². The van der Waals surface area contributed by atoms with Gasteiger partial charge in [-0.2, -0.15) is 0 Å². The first kappa shape index (κ1) is 10.5. The number of nitrogens with two attached hydrogens (primary N) is 1. The molecule has 4 heteroatoms. The topological polar surface area (TPSA) is 55.5 Å². The molecule has 0 unspecified atom stereocenters. The van der Waals surface area contributed by atoms with Gasteiger partial charge in [0.2, 0.25) is 0 Å². The van der Waals surface area contributed by atoms with Crippen molar-refractivity contribution in [3.8, 4) is 5.75 Å². The van der Waals surface area contributed by atoms with Crippen LogP contribution in [0.1, 0.15) is 11.1 Å². The molecular weight excluding hydrogens is 234 g/mol. The summed E-state index contributed by atoms with van der Waals surface area (Å²) in [6, 6.07) is 3.47. The molecule has 72 valence electrons. The molecule has 13 heavy (non-hydrogen) atoms. The van der Waals surface area contributed by atoms with Gasteiger partial charge in [0, 0.05) is 16.5 Å². The molecule has 0 aliphatic heterocycles. The predicted octanol–water partition coefficient (Wildman–Crippen LogP) is 1.90. The van der Waals surface area contributed by atoms with E-state index in [-0.39, 0.29) is 5.75 Å². The van der Waals surface area contributed by atoms with Crippen LogP contribution in [0.3, 0.4) is 0 Å². The minimum Gasteiger partial charge on any atom is -0.508 e. The second-order valence-electron chi connectivity index (χ2n) is 2.79. The molecule has 3 N–H and O–H groups in total. The third-order valence-corrected chi connectivity index (χ3v) is 2.84. The van der Waals surface area contributed by atoms with Crippen LogP contribution in [0.5, 0.6) is 5.75 Å². The maximum absolute atomic E-state index is 9.53. The molecule has 0 fully saturated rings. The summed E-state index contributed by atoms with van der Waals surface area (Å²) in [4.78, 5) is 4.47. The highest BCUT2D eigenvalue weighted by molar-refractivity contribution is 9.10. The number of hydrogen-bond acceptors (Lipinski definition) is 3. The lowest BCUT2D eigenvalue weighted by atomic mass is 10.1. The molecule has 0 aliphatic carbocycles. The van der Waals surface area contributed by atoms with E-state index in [2.05, 4.69) is 20.8 Å². The van der Waals surface area contributed by atoms with Gasteiger partial charge in [-0.05, 0) is 24.6 Å². The van der Waals surface area contributed by atoms with Crippen molar-refractivity contribution >= 4 is 15.9 Å². The first-order chi connectivity index (χ1) is 6.16. The molecule has 3 nitrogen and oxygen atoms in total. The van der Waals surface area contributed by atoms with Gasteiger partial charge >= 0.3 is 0 Å². The Morgan fingerprint density at radius 3 is 2.85 bits per heavy atom. The second-order valence-corrected chi connectivity index (χ2v) is 3.65. The number of hydrogen-bond donors (Lipinski definition) is 2. The summed E-state index contributed by atoms with van der Waals surface area (Å²) in [5.41, 5.74) is 1.90. The monoisotopic (exact) mass is 245 g/mol. The Labute approximate surface area is 85.6 Å². The fraction of sp³-hybridized carbons (Fsp3) is 0.333. The standard InChI is InChI=1S/C9H12BrNO2/c1-6-7(4-5-13-11)9(12)3-2-8(6)10/h2-3,12H,4-5,11H2,1H3. The SMILES string of the molecule is Cc1c(Br)ccc(O)c1CCON. The number of halogens is 1. The van der Waals surface area contributed by atoms with E-state index < -0.39 is 0 Å². The van der Waals surface area contributed by atoms with Gasteiger partial charge in [0.25, 0.3) is 0 Å². The molecule has 1 aromatic rings. The van der Waals surface area contributed by atoms with Gasteiger partial charge in [0.1, 0.15) is 5.75 Å². The van der Waals surface area contributed by atoms with Crippen LogP contribution in [0, 0.1) is 6.92 Å². The van der Waals surface area contributed by atoms with E-state index in [1.54, 1.807) is 6.07 Å². The van der Waals surface area contributed by atoms with Crippen LogP contribution in [0.15, 0.2) is 16.6 Å². The van der Waals surface area contributed by atoms with Gasteiger partial charge in [-0.1, -0.05) is 15.9 Å². The average Bonchev–Trinajstić information content (AvgIpc) is 2.12. The van der Waals surface area contributed by atoms with Crippen LogP contribution in [0.2, 0.25) is 0 Å². The number of rotatable bonds is 3. The van der Waals surface area contributed by atoms with E-state index in [1.807, 2.05) is 13.0 Å². The number of benzene rings is 1. The van der Waals surface area contributed by atoms with Crippen molar-refractivity contribution in [1.29, 1.82) is 0 Å². The van der Waals surface area contributed by atoms with Crippen LogP contribution in [0.4, 0.5) is 0 Å². The van der Waals surface area contributed by atoms with Crippen molar-refractivity contribution in [2.45, 2.75) is 13.3 Å². The maximum Gasteiger partial charge on any atom is 0.119 e. The van der Waals surface area contributed by atoms with Gasteiger partial charge in [-0.25, -0.2) is 5.90 Å². The average molecular weight is 246 g/mol. The Hall–Kier alpha value is -0.580. The van der Waals surface area contributed by atoms with E-state index in [0.717, 1.165) is 15.6 Å². The molecule has 0 bridgehead atoms. The highest BCUT2D eigenvalue weighted by Crippen LogP contribution is 2.27. The molecule has 0 radical (unpaired) electrons. The van der Waals surface area contributed by atoms with E-state index in [0.29, 0.717) is 13.0 Å². The summed E-state index contributed by atoms with van der Waals surface area (Å²) in [6.07, 6.45) is 0.619. The lowest BCUT2D eigenvalue weighted by molar-refractivity contribution is 0.140. The Morgan fingerprint density at radius 1 is 1.54 bits per heavy atom. The molecule has 1 aromatic carbocycles. The van der Waals surface area contributed by atoms with Gasteiger partial charge in [0.15, 0.2) is 0 Å². The fourth-order valence-corrected chi connectivity index (χ4v) is 1.56. The number of phenolic OH excluding ortho intramolecular Hbond substituents is 1. The van der Waals surface area contributed by atoms with E-state index in [4.69, 9.17) is 5.90 Å². The van der Waals surface area contributed by atoms with Crippen LogP contribution in [0.25, 0.3) is 0 Å². The molecule has 1 rings (SSSR count). The summed E-state index contributed by atoms with van der Waals surface area (Å²) >= 11 is 3.39. The van der Waals surface area contributed by atoms with Crippen LogP contribution < -0.4 is 5.90 Å². The van der Waals surface area contributed by atoms with Crippen molar-refractivity contribution < 1.29 is 9.94 Å².